The first-order chi connectivity index (χ1) is 17.1. The number of thioether (sulfide) groups is 1. The lowest BCUT2D eigenvalue weighted by Gasteiger charge is -2.36. The zero-order chi connectivity index (χ0) is 24.2. The maximum atomic E-state index is 13.4. The van der Waals surface area contributed by atoms with E-state index in [4.69, 9.17) is 4.74 Å². The van der Waals surface area contributed by atoms with Gasteiger partial charge in [-0.15, -0.1) is 10.2 Å². The van der Waals surface area contributed by atoms with Crippen LogP contribution in [0.2, 0.25) is 0 Å². The molecule has 2 fully saturated rings. The van der Waals surface area contributed by atoms with Crippen LogP contribution in [0.1, 0.15) is 12.8 Å². The van der Waals surface area contributed by atoms with Crippen LogP contribution in [0, 0.1) is 5.82 Å². The van der Waals surface area contributed by atoms with Crippen LogP contribution in [0.25, 0.3) is 11.4 Å². The van der Waals surface area contributed by atoms with E-state index in [0.29, 0.717) is 43.7 Å². The van der Waals surface area contributed by atoms with Crippen molar-refractivity contribution in [2.45, 2.75) is 30.6 Å². The summed E-state index contributed by atoms with van der Waals surface area (Å²) in [4.78, 5) is 16.9. The molecule has 0 saturated carbocycles. The van der Waals surface area contributed by atoms with E-state index in [1.165, 1.54) is 23.9 Å². The van der Waals surface area contributed by atoms with Crippen LogP contribution in [0.15, 0.2) is 53.7 Å². The molecule has 1 amide bonds. The number of carbonyl (C=O) groups excluding carboxylic acids is 1. The Labute approximate surface area is 207 Å². The zero-order valence-corrected chi connectivity index (χ0v) is 20.2. The number of phenolic OH excluding ortho intramolecular Hbond substituents is 1. The molecule has 8 nitrogen and oxygen atoms in total. The van der Waals surface area contributed by atoms with Crippen molar-refractivity contribution in [1.82, 2.24) is 19.7 Å². The molecule has 0 radical (unpaired) electrons. The molecule has 1 unspecified atom stereocenters. The third-order valence-corrected chi connectivity index (χ3v) is 7.36. The minimum atomic E-state index is -0.304. The van der Waals surface area contributed by atoms with Crippen LogP contribution in [0.3, 0.4) is 0 Å². The van der Waals surface area contributed by atoms with Gasteiger partial charge >= 0.3 is 0 Å². The van der Waals surface area contributed by atoms with Gasteiger partial charge in [0.1, 0.15) is 11.6 Å². The second-order valence-corrected chi connectivity index (χ2v) is 9.65. The number of carbonyl (C=O) groups is 1. The van der Waals surface area contributed by atoms with E-state index in [0.717, 1.165) is 30.7 Å². The largest absolute Gasteiger partial charge is 0.506 e. The van der Waals surface area contributed by atoms with Crippen molar-refractivity contribution >= 4 is 23.4 Å². The van der Waals surface area contributed by atoms with Crippen molar-refractivity contribution in [3.63, 3.8) is 0 Å². The Balaban J connectivity index is 1.24. The summed E-state index contributed by atoms with van der Waals surface area (Å²) in [6.45, 7) is 3.85. The topological polar surface area (TPSA) is 83.7 Å². The number of anilines is 1. The Morgan fingerprint density at radius 3 is 2.57 bits per heavy atom. The molecule has 3 aromatic rings. The van der Waals surface area contributed by atoms with Gasteiger partial charge in [0.2, 0.25) is 5.91 Å². The van der Waals surface area contributed by atoms with Gasteiger partial charge in [0.15, 0.2) is 11.0 Å². The number of hydrogen-bond donors (Lipinski definition) is 1. The highest BCUT2D eigenvalue weighted by molar-refractivity contribution is 7.99. The summed E-state index contributed by atoms with van der Waals surface area (Å²) in [6, 6.07) is 13.5. The van der Waals surface area contributed by atoms with Crippen LogP contribution in [-0.4, -0.2) is 75.3 Å². The van der Waals surface area contributed by atoms with Gasteiger partial charge in [-0.25, -0.2) is 4.39 Å². The van der Waals surface area contributed by atoms with Gasteiger partial charge in [0, 0.05) is 38.3 Å². The number of nitrogens with zero attached hydrogens (tertiary/aromatic N) is 5. The van der Waals surface area contributed by atoms with Crippen molar-refractivity contribution < 1.29 is 19.0 Å². The molecule has 0 spiro atoms. The molecule has 2 aliphatic rings. The molecule has 2 aliphatic heterocycles. The first-order valence-electron chi connectivity index (χ1n) is 11.8. The molecule has 1 atom stereocenters. The predicted octanol–water partition coefficient (Wildman–Crippen LogP) is 3.41. The van der Waals surface area contributed by atoms with Gasteiger partial charge in [-0.2, -0.15) is 0 Å². The SMILES string of the molecule is O=C(CSc1nnc(-c2ccc(F)cc2)n1CC1CCCO1)N1CCN(c2ccccc2O)CC1. The molecule has 5 rings (SSSR count). The number of aromatic nitrogens is 3. The van der Waals surface area contributed by atoms with Crippen molar-refractivity contribution in [2.24, 2.45) is 0 Å². The minimum absolute atomic E-state index is 0.0435. The van der Waals surface area contributed by atoms with E-state index in [9.17, 15) is 14.3 Å². The Kier molecular flexibility index (Phi) is 7.19. The van der Waals surface area contributed by atoms with Crippen LogP contribution >= 0.6 is 11.8 Å². The lowest BCUT2D eigenvalue weighted by Crippen LogP contribution is -2.49. The molecule has 3 heterocycles. The molecule has 2 saturated heterocycles. The molecular formula is C25H28FN5O3S. The quantitative estimate of drug-likeness (QED) is 0.501. The summed E-state index contributed by atoms with van der Waals surface area (Å²) in [5.74, 6) is 0.893. The molecule has 0 aliphatic carbocycles. The first kappa shape index (κ1) is 23.6. The van der Waals surface area contributed by atoms with Crippen LogP contribution in [-0.2, 0) is 16.1 Å². The normalized spacial score (nSPS) is 18.3. The summed E-state index contributed by atoms with van der Waals surface area (Å²) in [5, 5.41) is 19.5. The number of amides is 1. The molecule has 10 heteroatoms. The molecular weight excluding hydrogens is 469 g/mol. The fourth-order valence-corrected chi connectivity index (χ4v) is 5.36. The summed E-state index contributed by atoms with van der Waals surface area (Å²) in [5.41, 5.74) is 1.57. The summed E-state index contributed by atoms with van der Waals surface area (Å²) in [6.07, 6.45) is 2.06. The van der Waals surface area contributed by atoms with E-state index >= 15 is 0 Å². The van der Waals surface area contributed by atoms with Crippen LogP contribution in [0.4, 0.5) is 10.1 Å². The van der Waals surface area contributed by atoms with Gasteiger partial charge in [0.25, 0.3) is 0 Å². The standard InChI is InChI=1S/C25H28FN5O3S/c26-19-9-7-18(8-10-19)24-27-28-25(31(24)16-20-4-3-15-34-20)35-17-23(33)30-13-11-29(12-14-30)21-5-1-2-6-22(21)32/h1-2,5-10,20,32H,3-4,11-17H2. The predicted molar refractivity (Wildman–Crippen MR) is 132 cm³/mol. The molecule has 1 aromatic heterocycles. The van der Waals surface area contributed by atoms with Crippen molar-refractivity contribution in [3.05, 3.63) is 54.3 Å². The molecule has 35 heavy (non-hydrogen) atoms. The number of benzene rings is 2. The lowest BCUT2D eigenvalue weighted by atomic mass is 10.2. The first-order valence-corrected chi connectivity index (χ1v) is 12.8. The summed E-state index contributed by atoms with van der Waals surface area (Å²) >= 11 is 1.37. The summed E-state index contributed by atoms with van der Waals surface area (Å²) in [7, 11) is 0. The number of rotatable bonds is 7. The monoisotopic (exact) mass is 497 g/mol. The number of phenols is 1. The number of para-hydroxylation sites is 2. The van der Waals surface area contributed by atoms with Crippen molar-refractivity contribution in [3.8, 4) is 17.1 Å². The van der Waals surface area contributed by atoms with Gasteiger partial charge in [-0.05, 0) is 49.2 Å². The highest BCUT2D eigenvalue weighted by Gasteiger charge is 2.25. The number of halogens is 1. The highest BCUT2D eigenvalue weighted by Crippen LogP contribution is 2.29. The van der Waals surface area contributed by atoms with E-state index < -0.39 is 0 Å². The number of piperazine rings is 1. The lowest BCUT2D eigenvalue weighted by molar-refractivity contribution is -0.128. The van der Waals surface area contributed by atoms with Crippen LogP contribution < -0.4 is 4.90 Å². The van der Waals surface area contributed by atoms with Gasteiger partial charge in [0.05, 0.1) is 24.1 Å². The molecule has 1 N–H and O–H groups in total. The van der Waals surface area contributed by atoms with E-state index in [1.807, 2.05) is 21.6 Å². The maximum Gasteiger partial charge on any atom is 0.233 e. The molecule has 2 aromatic carbocycles. The Hall–Kier alpha value is -3.11. The van der Waals surface area contributed by atoms with Crippen molar-refractivity contribution in [2.75, 3.05) is 43.4 Å². The van der Waals surface area contributed by atoms with Gasteiger partial charge in [-0.1, -0.05) is 23.9 Å². The average Bonchev–Trinajstić information content (AvgIpc) is 3.54. The van der Waals surface area contributed by atoms with E-state index in [2.05, 4.69) is 15.1 Å². The van der Waals surface area contributed by atoms with Gasteiger partial charge < -0.3 is 19.6 Å². The van der Waals surface area contributed by atoms with Crippen LogP contribution in [0.5, 0.6) is 5.75 Å². The minimum Gasteiger partial charge on any atom is -0.506 e. The molecule has 184 valence electrons. The third-order valence-electron chi connectivity index (χ3n) is 6.41. The average molecular weight is 498 g/mol. The Morgan fingerprint density at radius 1 is 1.09 bits per heavy atom. The Bertz CT molecular complexity index is 1160. The maximum absolute atomic E-state index is 13.4. The smallest absolute Gasteiger partial charge is 0.233 e. The zero-order valence-electron chi connectivity index (χ0n) is 19.3. The van der Waals surface area contributed by atoms with Crippen molar-refractivity contribution in [1.29, 1.82) is 0 Å². The number of ether oxygens (including phenoxy) is 1. The molecule has 0 bridgehead atoms. The van der Waals surface area contributed by atoms with E-state index in [1.54, 1.807) is 24.3 Å². The fraction of sp³-hybridized carbons (Fsp3) is 0.400. The van der Waals surface area contributed by atoms with E-state index in [-0.39, 0.29) is 29.3 Å². The fourth-order valence-electron chi connectivity index (χ4n) is 4.51. The number of aromatic hydroxyl groups is 1. The Morgan fingerprint density at radius 2 is 1.86 bits per heavy atom. The second kappa shape index (κ2) is 10.7. The summed E-state index contributed by atoms with van der Waals surface area (Å²) < 4.78 is 21.2. The second-order valence-electron chi connectivity index (χ2n) is 8.70. The number of hydrogen-bond acceptors (Lipinski definition) is 7. The van der Waals surface area contributed by atoms with Gasteiger partial charge in [-0.3, -0.25) is 9.36 Å². The highest BCUT2D eigenvalue weighted by atomic mass is 32.2. The third kappa shape index (κ3) is 5.43.